The van der Waals surface area contributed by atoms with Crippen molar-refractivity contribution in [1.82, 2.24) is 15.5 Å². The van der Waals surface area contributed by atoms with Crippen LogP contribution in [0.5, 0.6) is 0 Å². The number of anilines is 1. The number of aromatic nitrogens is 2. The summed E-state index contributed by atoms with van der Waals surface area (Å²) in [4.78, 5) is 22.3. The number of nitrogens with zero attached hydrogens (tertiary/aromatic N) is 3. The zero-order valence-electron chi connectivity index (χ0n) is 11.2. The first-order chi connectivity index (χ1) is 10.1. The summed E-state index contributed by atoms with van der Waals surface area (Å²) in [5.74, 6) is -0.408. The molecule has 110 valence electrons. The van der Waals surface area contributed by atoms with Gasteiger partial charge in [0, 0.05) is 24.7 Å². The van der Waals surface area contributed by atoms with Gasteiger partial charge < -0.3 is 10.6 Å². The lowest BCUT2D eigenvalue weighted by atomic mass is 10.2. The van der Waals surface area contributed by atoms with Gasteiger partial charge >= 0.3 is 0 Å². The molecule has 0 aliphatic heterocycles. The Morgan fingerprint density at radius 2 is 2.14 bits per heavy atom. The molecule has 2 rings (SSSR count). The number of hydrogen-bond acceptors (Lipinski definition) is 7. The smallest absolute Gasteiger partial charge is 0.282 e. The molecule has 0 aliphatic carbocycles. The van der Waals surface area contributed by atoms with Crippen LogP contribution in [0.2, 0.25) is 0 Å². The number of rotatable bonds is 6. The van der Waals surface area contributed by atoms with E-state index in [-0.39, 0.29) is 17.2 Å². The predicted octanol–water partition coefficient (Wildman–Crippen LogP) is 1.81. The van der Waals surface area contributed by atoms with Gasteiger partial charge in [-0.1, -0.05) is 29.5 Å². The van der Waals surface area contributed by atoms with Gasteiger partial charge in [-0.3, -0.25) is 14.9 Å². The van der Waals surface area contributed by atoms with E-state index in [1.807, 2.05) is 6.92 Å². The highest BCUT2D eigenvalue weighted by Gasteiger charge is 2.16. The number of hydrogen-bond donors (Lipinski definition) is 2. The van der Waals surface area contributed by atoms with Gasteiger partial charge in [0.1, 0.15) is 0 Å². The third kappa shape index (κ3) is 3.72. The van der Waals surface area contributed by atoms with Crippen LogP contribution in [0.3, 0.4) is 0 Å². The van der Waals surface area contributed by atoms with Crippen molar-refractivity contribution >= 4 is 28.1 Å². The Labute approximate surface area is 124 Å². The fourth-order valence-electron chi connectivity index (χ4n) is 1.63. The highest BCUT2D eigenvalue weighted by atomic mass is 32.1. The second kappa shape index (κ2) is 6.75. The van der Waals surface area contributed by atoms with Crippen molar-refractivity contribution in [2.24, 2.45) is 0 Å². The third-order valence-corrected chi connectivity index (χ3v) is 3.45. The summed E-state index contributed by atoms with van der Waals surface area (Å²) in [7, 11) is 0. The first-order valence-corrected chi connectivity index (χ1v) is 7.01. The summed E-state index contributed by atoms with van der Waals surface area (Å²) in [5.41, 5.74) is 0.413. The molecule has 0 bridgehead atoms. The van der Waals surface area contributed by atoms with Crippen LogP contribution in [0.15, 0.2) is 24.3 Å². The standard InChI is InChI=1S/C12H13N5O3S/c1-2-13-12-16-15-11(21-12)10(18)14-7-8-5-3-4-6-9(8)17(19)20/h3-6H,2,7H2,1H3,(H,13,16)(H,14,18). The molecule has 0 spiro atoms. The Morgan fingerprint density at radius 3 is 2.86 bits per heavy atom. The van der Waals surface area contributed by atoms with Crippen LogP contribution in [0.4, 0.5) is 10.8 Å². The van der Waals surface area contributed by atoms with Crippen LogP contribution in [0, 0.1) is 10.1 Å². The Bertz CT molecular complexity index is 658. The van der Waals surface area contributed by atoms with Crippen molar-refractivity contribution in [3.05, 3.63) is 45.0 Å². The Morgan fingerprint density at radius 1 is 1.38 bits per heavy atom. The van der Waals surface area contributed by atoms with Gasteiger partial charge in [-0.05, 0) is 6.92 Å². The maximum atomic E-state index is 11.9. The maximum absolute atomic E-state index is 11.9. The first kappa shape index (κ1) is 14.9. The zero-order valence-corrected chi connectivity index (χ0v) is 12.0. The van der Waals surface area contributed by atoms with Crippen LogP contribution in [-0.2, 0) is 6.54 Å². The molecule has 2 N–H and O–H groups in total. The number of nitro benzene ring substituents is 1. The van der Waals surface area contributed by atoms with E-state index < -0.39 is 10.8 Å². The molecule has 0 saturated heterocycles. The minimum absolute atomic E-state index is 0.0246. The summed E-state index contributed by atoms with van der Waals surface area (Å²) in [5, 5.41) is 24.8. The van der Waals surface area contributed by atoms with Gasteiger partial charge in [0.2, 0.25) is 10.1 Å². The Hall–Kier alpha value is -2.55. The SMILES string of the molecule is CCNc1nnc(C(=O)NCc2ccccc2[N+](=O)[O-])s1. The van der Waals surface area contributed by atoms with Gasteiger partial charge in [-0.25, -0.2) is 0 Å². The normalized spacial score (nSPS) is 10.1. The van der Waals surface area contributed by atoms with Gasteiger partial charge in [0.25, 0.3) is 11.6 Å². The van der Waals surface area contributed by atoms with Crippen LogP contribution in [0.1, 0.15) is 22.3 Å². The lowest BCUT2D eigenvalue weighted by molar-refractivity contribution is -0.385. The Kier molecular flexibility index (Phi) is 4.77. The van der Waals surface area contributed by atoms with E-state index in [1.165, 1.54) is 6.07 Å². The quantitative estimate of drug-likeness (QED) is 0.622. The molecule has 1 amide bonds. The topological polar surface area (TPSA) is 110 Å². The van der Waals surface area contributed by atoms with Gasteiger partial charge in [-0.15, -0.1) is 10.2 Å². The second-order valence-corrected chi connectivity index (χ2v) is 4.99. The molecule has 0 aliphatic rings. The summed E-state index contributed by atoms with van der Waals surface area (Å²) in [6.07, 6.45) is 0. The summed E-state index contributed by atoms with van der Waals surface area (Å²) < 4.78 is 0. The van der Waals surface area contributed by atoms with Crippen molar-refractivity contribution in [3.8, 4) is 0 Å². The molecule has 0 atom stereocenters. The summed E-state index contributed by atoms with van der Waals surface area (Å²) in [6.45, 7) is 2.66. The molecule has 2 aromatic rings. The molecular weight excluding hydrogens is 294 g/mol. The average molecular weight is 307 g/mol. The molecule has 8 nitrogen and oxygen atoms in total. The molecule has 9 heteroatoms. The van der Waals surface area contributed by atoms with Crippen LogP contribution in [-0.4, -0.2) is 27.6 Å². The molecule has 1 aromatic carbocycles. The van der Waals surface area contributed by atoms with E-state index in [4.69, 9.17) is 0 Å². The van der Waals surface area contributed by atoms with Crippen molar-refractivity contribution in [1.29, 1.82) is 0 Å². The van der Waals surface area contributed by atoms with Crippen molar-refractivity contribution < 1.29 is 9.72 Å². The number of carbonyl (C=O) groups is 1. The molecule has 21 heavy (non-hydrogen) atoms. The zero-order chi connectivity index (χ0) is 15.2. The maximum Gasteiger partial charge on any atom is 0.282 e. The van der Waals surface area contributed by atoms with Crippen molar-refractivity contribution in [3.63, 3.8) is 0 Å². The first-order valence-electron chi connectivity index (χ1n) is 6.19. The second-order valence-electron chi connectivity index (χ2n) is 4.01. The highest BCUT2D eigenvalue weighted by Crippen LogP contribution is 2.18. The minimum Gasteiger partial charge on any atom is -0.360 e. The van der Waals surface area contributed by atoms with Gasteiger partial charge in [0.05, 0.1) is 4.92 Å². The molecule has 0 saturated carbocycles. The van der Waals surface area contributed by atoms with E-state index >= 15 is 0 Å². The van der Waals surface area contributed by atoms with Crippen LogP contribution < -0.4 is 10.6 Å². The van der Waals surface area contributed by atoms with E-state index in [0.717, 1.165) is 11.3 Å². The van der Waals surface area contributed by atoms with Gasteiger partial charge in [-0.2, -0.15) is 0 Å². The number of benzene rings is 1. The molecule has 0 radical (unpaired) electrons. The van der Waals surface area contributed by atoms with Gasteiger partial charge in [0.15, 0.2) is 0 Å². The van der Waals surface area contributed by atoms with E-state index in [1.54, 1.807) is 18.2 Å². The lowest BCUT2D eigenvalue weighted by Crippen LogP contribution is -2.23. The fourth-order valence-corrected chi connectivity index (χ4v) is 2.36. The number of nitro groups is 1. The molecule has 0 fully saturated rings. The monoisotopic (exact) mass is 307 g/mol. The van der Waals surface area contributed by atoms with E-state index in [0.29, 0.717) is 17.2 Å². The highest BCUT2D eigenvalue weighted by molar-refractivity contribution is 7.17. The van der Waals surface area contributed by atoms with Crippen LogP contribution >= 0.6 is 11.3 Å². The molecule has 1 heterocycles. The average Bonchev–Trinajstić information content (AvgIpc) is 2.94. The molecule has 1 aromatic heterocycles. The molecule has 0 unspecified atom stereocenters. The summed E-state index contributed by atoms with van der Waals surface area (Å²) >= 11 is 1.13. The third-order valence-electron chi connectivity index (χ3n) is 2.57. The number of nitrogens with one attached hydrogen (secondary N) is 2. The number of carbonyl (C=O) groups excluding carboxylic acids is 1. The largest absolute Gasteiger partial charge is 0.360 e. The van der Waals surface area contributed by atoms with E-state index in [2.05, 4.69) is 20.8 Å². The fraction of sp³-hybridized carbons (Fsp3) is 0.250. The molecular formula is C12H13N5O3S. The summed E-state index contributed by atoms with van der Waals surface area (Å²) in [6, 6.07) is 6.26. The number of para-hydroxylation sites is 1. The van der Waals surface area contributed by atoms with Crippen molar-refractivity contribution in [2.45, 2.75) is 13.5 Å². The number of amides is 1. The Balaban J connectivity index is 2.02. The van der Waals surface area contributed by atoms with Crippen molar-refractivity contribution in [2.75, 3.05) is 11.9 Å². The van der Waals surface area contributed by atoms with E-state index in [9.17, 15) is 14.9 Å². The predicted molar refractivity (Wildman–Crippen MR) is 78.3 cm³/mol. The van der Waals surface area contributed by atoms with Crippen LogP contribution in [0.25, 0.3) is 0 Å². The lowest BCUT2D eigenvalue weighted by Gasteiger charge is -2.03. The minimum atomic E-state index is -0.476.